The number of likely N-dealkylation sites (tertiary alicyclic amines) is 1. The summed E-state index contributed by atoms with van der Waals surface area (Å²) in [6.45, 7) is 1.77. The minimum atomic E-state index is -3.82. The van der Waals surface area contributed by atoms with Crippen LogP contribution in [0.5, 0.6) is 0 Å². The number of hydrogen-bond acceptors (Lipinski definition) is 4. The van der Waals surface area contributed by atoms with E-state index in [0.717, 1.165) is 0 Å². The van der Waals surface area contributed by atoms with Crippen molar-refractivity contribution in [1.29, 1.82) is 0 Å². The Balaban J connectivity index is 1.31. The monoisotopic (exact) mass is 527 g/mol. The van der Waals surface area contributed by atoms with Gasteiger partial charge in [-0.2, -0.15) is 4.31 Å². The highest BCUT2D eigenvalue weighted by atomic mass is 35.5. The molecule has 2 aromatic rings. The Labute approximate surface area is 208 Å². The predicted molar refractivity (Wildman–Crippen MR) is 127 cm³/mol. The van der Waals surface area contributed by atoms with Gasteiger partial charge in [-0.3, -0.25) is 9.59 Å². The maximum Gasteiger partial charge on any atom is 0.253 e. The summed E-state index contributed by atoms with van der Waals surface area (Å²) in [4.78, 5) is 29.0. The van der Waals surface area contributed by atoms with Gasteiger partial charge in [-0.25, -0.2) is 12.8 Å². The first kappa shape index (κ1) is 24.9. The fourth-order valence-electron chi connectivity index (χ4n) is 4.33. The van der Waals surface area contributed by atoms with E-state index in [1.165, 1.54) is 46.8 Å². The number of amides is 2. The highest BCUT2D eigenvalue weighted by Crippen LogP contribution is 2.29. The lowest BCUT2D eigenvalue weighted by Crippen LogP contribution is -2.53. The zero-order valence-electron chi connectivity index (χ0n) is 18.3. The Morgan fingerprint density at radius 3 is 2.09 bits per heavy atom. The van der Waals surface area contributed by atoms with E-state index >= 15 is 0 Å². The second kappa shape index (κ2) is 10.2. The molecule has 0 radical (unpaired) electrons. The van der Waals surface area contributed by atoms with Gasteiger partial charge < -0.3 is 9.80 Å². The summed E-state index contributed by atoms with van der Waals surface area (Å²) in [6.07, 6.45) is 1.06. The summed E-state index contributed by atoms with van der Waals surface area (Å²) in [5.41, 5.74) is 0.420. The number of carbonyl (C=O) groups is 2. The third-order valence-electron chi connectivity index (χ3n) is 6.28. The van der Waals surface area contributed by atoms with Crippen LogP contribution < -0.4 is 0 Å². The third kappa shape index (κ3) is 5.22. The molecule has 182 valence electrons. The van der Waals surface area contributed by atoms with Crippen LogP contribution in [-0.4, -0.2) is 73.6 Å². The smallest absolute Gasteiger partial charge is 0.253 e. The molecule has 7 nitrogen and oxygen atoms in total. The molecule has 2 saturated heterocycles. The van der Waals surface area contributed by atoms with E-state index in [-0.39, 0.29) is 58.9 Å². The molecule has 2 amide bonds. The van der Waals surface area contributed by atoms with Gasteiger partial charge in [-0.05, 0) is 55.3 Å². The molecule has 34 heavy (non-hydrogen) atoms. The molecule has 0 aromatic heterocycles. The van der Waals surface area contributed by atoms with Crippen molar-refractivity contribution in [3.63, 3.8) is 0 Å². The van der Waals surface area contributed by atoms with E-state index in [1.807, 2.05) is 0 Å². The first-order valence-electron chi connectivity index (χ1n) is 11.0. The molecule has 0 unspecified atom stereocenters. The first-order chi connectivity index (χ1) is 16.2. The highest BCUT2D eigenvalue weighted by Gasteiger charge is 2.35. The number of nitrogens with zero attached hydrogens (tertiary/aromatic N) is 3. The number of sulfonamides is 1. The highest BCUT2D eigenvalue weighted by molar-refractivity contribution is 7.89. The molecule has 0 N–H and O–H groups in total. The lowest BCUT2D eigenvalue weighted by molar-refractivity contribution is -0.138. The Kier molecular flexibility index (Phi) is 7.47. The van der Waals surface area contributed by atoms with Crippen LogP contribution in [-0.2, 0) is 14.8 Å². The van der Waals surface area contributed by atoms with Crippen LogP contribution in [0, 0.1) is 11.7 Å². The molecule has 0 spiro atoms. The van der Waals surface area contributed by atoms with Crippen molar-refractivity contribution in [2.24, 2.45) is 5.92 Å². The summed E-state index contributed by atoms with van der Waals surface area (Å²) in [6, 6.07) is 9.73. The van der Waals surface area contributed by atoms with Crippen molar-refractivity contribution in [1.82, 2.24) is 14.1 Å². The van der Waals surface area contributed by atoms with Gasteiger partial charge in [-0.15, -0.1) is 0 Å². The molecule has 0 aliphatic carbocycles. The quantitative estimate of drug-likeness (QED) is 0.609. The summed E-state index contributed by atoms with van der Waals surface area (Å²) < 4.78 is 40.4. The van der Waals surface area contributed by atoms with Crippen molar-refractivity contribution < 1.29 is 22.4 Å². The number of hydrogen-bond donors (Lipinski definition) is 0. The second-order valence-electron chi connectivity index (χ2n) is 8.38. The van der Waals surface area contributed by atoms with Crippen LogP contribution in [0.2, 0.25) is 10.0 Å². The van der Waals surface area contributed by atoms with Crippen molar-refractivity contribution >= 4 is 45.0 Å². The van der Waals surface area contributed by atoms with Crippen molar-refractivity contribution in [2.45, 2.75) is 17.7 Å². The molecule has 2 aliphatic heterocycles. The van der Waals surface area contributed by atoms with Gasteiger partial charge in [0, 0.05) is 55.8 Å². The van der Waals surface area contributed by atoms with E-state index in [2.05, 4.69) is 0 Å². The molecule has 11 heteroatoms. The molecule has 2 fully saturated rings. The van der Waals surface area contributed by atoms with Crippen molar-refractivity contribution in [3.05, 3.63) is 63.9 Å². The molecule has 4 rings (SSSR count). The molecular weight excluding hydrogens is 504 g/mol. The predicted octanol–water partition coefficient (Wildman–Crippen LogP) is 3.52. The number of rotatable bonds is 4. The minimum absolute atomic E-state index is 0.0216. The van der Waals surface area contributed by atoms with E-state index in [0.29, 0.717) is 31.5 Å². The van der Waals surface area contributed by atoms with Gasteiger partial charge in [0.15, 0.2) is 0 Å². The summed E-state index contributed by atoms with van der Waals surface area (Å²) in [5, 5.41) is 0.380. The SMILES string of the molecule is O=C(c1ccc(F)cc1)N1CCC(C(=O)N2CCN(S(=O)(=O)c3cc(Cl)ccc3Cl)CC2)CC1. The first-order valence-corrected chi connectivity index (χ1v) is 13.2. The molecule has 2 heterocycles. The molecule has 2 aromatic carbocycles. The Hall–Kier alpha value is -2.20. The third-order valence-corrected chi connectivity index (χ3v) is 8.90. The normalized spacial score (nSPS) is 18.2. The largest absolute Gasteiger partial charge is 0.340 e. The summed E-state index contributed by atoms with van der Waals surface area (Å²) >= 11 is 12.0. The molecule has 0 atom stereocenters. The zero-order chi connectivity index (χ0) is 24.5. The fraction of sp³-hybridized carbons (Fsp3) is 0.391. The Morgan fingerprint density at radius 2 is 1.47 bits per heavy atom. The maximum atomic E-state index is 13.1. The van der Waals surface area contributed by atoms with E-state index in [4.69, 9.17) is 23.2 Å². The van der Waals surface area contributed by atoms with Gasteiger partial charge >= 0.3 is 0 Å². The number of halogens is 3. The van der Waals surface area contributed by atoms with Crippen LogP contribution in [0.3, 0.4) is 0 Å². The van der Waals surface area contributed by atoms with E-state index < -0.39 is 15.8 Å². The van der Waals surface area contributed by atoms with E-state index in [1.54, 1.807) is 9.80 Å². The number of piperidine rings is 1. The van der Waals surface area contributed by atoms with Crippen LogP contribution in [0.4, 0.5) is 4.39 Å². The second-order valence-corrected chi connectivity index (χ2v) is 11.1. The fourth-order valence-corrected chi connectivity index (χ4v) is 6.48. The van der Waals surface area contributed by atoms with Gasteiger partial charge in [0.2, 0.25) is 15.9 Å². The summed E-state index contributed by atoms with van der Waals surface area (Å²) in [5.74, 6) is -0.816. The van der Waals surface area contributed by atoms with Gasteiger partial charge in [0.05, 0.1) is 5.02 Å². The van der Waals surface area contributed by atoms with Crippen molar-refractivity contribution in [2.75, 3.05) is 39.3 Å². The number of piperazine rings is 1. The lowest BCUT2D eigenvalue weighted by Gasteiger charge is -2.38. The van der Waals surface area contributed by atoms with Crippen LogP contribution >= 0.6 is 23.2 Å². The van der Waals surface area contributed by atoms with Crippen LogP contribution in [0.25, 0.3) is 0 Å². The van der Waals surface area contributed by atoms with Crippen LogP contribution in [0.1, 0.15) is 23.2 Å². The number of benzene rings is 2. The minimum Gasteiger partial charge on any atom is -0.340 e. The Bertz CT molecular complexity index is 1180. The standard InChI is InChI=1S/C23H24Cl2FN3O4S/c24-18-3-6-20(25)21(15-18)34(32,33)29-13-11-28(12-14-29)23(31)17-7-9-27(10-8-17)22(30)16-1-4-19(26)5-2-16/h1-6,15,17H,7-14H2. The maximum absolute atomic E-state index is 13.1. The average Bonchev–Trinajstić information content (AvgIpc) is 2.85. The van der Waals surface area contributed by atoms with Gasteiger partial charge in [0.25, 0.3) is 5.91 Å². The topological polar surface area (TPSA) is 78.0 Å². The lowest BCUT2D eigenvalue weighted by atomic mass is 9.94. The van der Waals surface area contributed by atoms with Gasteiger partial charge in [-0.1, -0.05) is 23.2 Å². The molecule has 0 saturated carbocycles. The molecule has 0 bridgehead atoms. The number of carbonyl (C=O) groups excluding carboxylic acids is 2. The van der Waals surface area contributed by atoms with Crippen molar-refractivity contribution in [3.8, 4) is 0 Å². The average molecular weight is 528 g/mol. The van der Waals surface area contributed by atoms with Crippen LogP contribution in [0.15, 0.2) is 47.4 Å². The summed E-state index contributed by atoms with van der Waals surface area (Å²) in [7, 11) is -3.82. The Morgan fingerprint density at radius 1 is 0.853 bits per heavy atom. The zero-order valence-corrected chi connectivity index (χ0v) is 20.6. The molecule has 2 aliphatic rings. The molecular formula is C23H24Cl2FN3O4S. The van der Waals surface area contributed by atoms with Gasteiger partial charge in [0.1, 0.15) is 10.7 Å². The van der Waals surface area contributed by atoms with E-state index in [9.17, 15) is 22.4 Å².